The van der Waals surface area contributed by atoms with Crippen LogP contribution in [-0.2, 0) is 0 Å². The number of thiazole rings is 1. The lowest BCUT2D eigenvalue weighted by atomic mass is 9.86. The van der Waals surface area contributed by atoms with Gasteiger partial charge in [-0.3, -0.25) is 0 Å². The summed E-state index contributed by atoms with van der Waals surface area (Å²) in [4.78, 5) is 5.71. The van der Waals surface area contributed by atoms with E-state index in [-0.39, 0.29) is 0 Å². The summed E-state index contributed by atoms with van der Waals surface area (Å²) in [5, 5.41) is 1.36. The fourth-order valence-corrected chi connectivity index (χ4v) is 2.16. The van der Waals surface area contributed by atoms with Crippen LogP contribution in [-0.4, -0.2) is 4.98 Å². The van der Waals surface area contributed by atoms with Crippen LogP contribution < -0.4 is 0 Å². The molecule has 1 aromatic heterocycles. The van der Waals surface area contributed by atoms with Crippen LogP contribution in [0.2, 0.25) is 0 Å². The van der Waals surface area contributed by atoms with E-state index in [4.69, 9.17) is 0 Å². The maximum Gasteiger partial charge on any atom is 0.0958 e. The van der Waals surface area contributed by atoms with Crippen molar-refractivity contribution in [3.05, 3.63) is 16.1 Å². The molecule has 0 N–H and O–H groups in total. The van der Waals surface area contributed by atoms with Gasteiger partial charge in [0.1, 0.15) is 0 Å². The number of aryl methyl sites for hydroxylation is 1. The zero-order valence-corrected chi connectivity index (χ0v) is 6.95. The highest BCUT2D eigenvalue weighted by atomic mass is 32.1. The largest absolute Gasteiger partial charge is 0.249 e. The Labute approximate surface area is 65.1 Å². The molecule has 0 amide bonds. The lowest BCUT2D eigenvalue weighted by molar-refractivity contribution is 0.418. The van der Waals surface area contributed by atoms with Crippen LogP contribution in [0.4, 0.5) is 0 Å². The number of nitrogens with zero attached hydrogens (tertiary/aromatic N) is 1. The average molecular weight is 153 g/mol. The molecule has 2 rings (SSSR count). The first-order valence-corrected chi connectivity index (χ1v) is 4.60. The van der Waals surface area contributed by atoms with E-state index < -0.39 is 0 Å². The molecule has 2 heteroatoms. The quantitative estimate of drug-likeness (QED) is 0.604. The minimum Gasteiger partial charge on any atom is -0.249 e. The van der Waals surface area contributed by atoms with Gasteiger partial charge in [-0.05, 0) is 19.8 Å². The number of hydrogen-bond donors (Lipinski definition) is 0. The van der Waals surface area contributed by atoms with Crippen LogP contribution in [0.25, 0.3) is 0 Å². The fraction of sp³-hybridized carbons (Fsp3) is 0.625. The molecular weight excluding hydrogens is 142 g/mol. The van der Waals surface area contributed by atoms with Gasteiger partial charge in [0.2, 0.25) is 0 Å². The molecule has 1 saturated carbocycles. The van der Waals surface area contributed by atoms with Crippen molar-refractivity contribution in [1.29, 1.82) is 0 Å². The molecule has 1 aromatic rings. The molecule has 54 valence electrons. The molecule has 0 aliphatic heterocycles. The molecular formula is C8H11NS. The van der Waals surface area contributed by atoms with E-state index in [1.54, 1.807) is 0 Å². The summed E-state index contributed by atoms with van der Waals surface area (Å²) in [6, 6.07) is 0. The second kappa shape index (κ2) is 2.35. The fourth-order valence-electron chi connectivity index (χ4n) is 1.22. The van der Waals surface area contributed by atoms with E-state index >= 15 is 0 Å². The van der Waals surface area contributed by atoms with Gasteiger partial charge in [0, 0.05) is 17.0 Å². The van der Waals surface area contributed by atoms with Crippen LogP contribution in [0, 0.1) is 6.92 Å². The molecule has 0 radical (unpaired) electrons. The summed E-state index contributed by atoms with van der Waals surface area (Å²) in [7, 11) is 0. The molecule has 1 aliphatic carbocycles. The second-order valence-corrected chi connectivity index (χ2v) is 4.20. The first-order valence-electron chi connectivity index (χ1n) is 3.78. The topological polar surface area (TPSA) is 12.9 Å². The summed E-state index contributed by atoms with van der Waals surface area (Å²) < 4.78 is 0. The van der Waals surface area contributed by atoms with Gasteiger partial charge in [-0.15, -0.1) is 11.3 Å². The molecule has 0 saturated heterocycles. The first kappa shape index (κ1) is 6.35. The molecule has 0 aromatic carbocycles. The van der Waals surface area contributed by atoms with Gasteiger partial charge in [0.15, 0.2) is 0 Å². The third-order valence-corrected chi connectivity index (χ3v) is 3.17. The van der Waals surface area contributed by atoms with Crippen LogP contribution >= 0.6 is 11.3 Å². The van der Waals surface area contributed by atoms with Gasteiger partial charge in [0.05, 0.1) is 5.01 Å². The number of hydrogen-bond acceptors (Lipinski definition) is 2. The van der Waals surface area contributed by atoms with Crippen molar-refractivity contribution in [2.24, 2.45) is 0 Å². The van der Waals surface area contributed by atoms with Crippen LogP contribution in [0.5, 0.6) is 0 Å². The van der Waals surface area contributed by atoms with Crippen LogP contribution in [0.3, 0.4) is 0 Å². The molecule has 1 nitrogen and oxygen atoms in total. The maximum atomic E-state index is 4.36. The number of aromatic nitrogens is 1. The van der Waals surface area contributed by atoms with E-state index in [1.807, 2.05) is 17.5 Å². The highest BCUT2D eigenvalue weighted by molar-refractivity contribution is 7.11. The standard InChI is InChI=1S/C8H11NS/c1-6-5-9-8(10-6)7-3-2-4-7/h5,7H,2-4H2,1H3. The molecule has 1 aliphatic rings. The van der Waals surface area contributed by atoms with Crippen molar-refractivity contribution in [2.45, 2.75) is 32.1 Å². The van der Waals surface area contributed by atoms with Crippen molar-refractivity contribution in [3.63, 3.8) is 0 Å². The van der Waals surface area contributed by atoms with Gasteiger partial charge in [-0.1, -0.05) is 6.42 Å². The lowest BCUT2D eigenvalue weighted by Crippen LogP contribution is -2.07. The maximum absolute atomic E-state index is 4.36. The second-order valence-electron chi connectivity index (χ2n) is 2.94. The summed E-state index contributed by atoms with van der Waals surface area (Å²) in [5.41, 5.74) is 0. The Morgan fingerprint density at radius 1 is 1.60 bits per heavy atom. The third kappa shape index (κ3) is 0.966. The zero-order chi connectivity index (χ0) is 6.97. The van der Waals surface area contributed by atoms with Crippen molar-refractivity contribution in [1.82, 2.24) is 4.98 Å². The van der Waals surface area contributed by atoms with Gasteiger partial charge < -0.3 is 0 Å². The summed E-state index contributed by atoms with van der Waals surface area (Å²) in [6.45, 7) is 2.12. The zero-order valence-electron chi connectivity index (χ0n) is 6.13. The molecule has 1 fully saturated rings. The molecule has 0 spiro atoms. The Morgan fingerprint density at radius 2 is 2.40 bits per heavy atom. The third-order valence-electron chi connectivity index (χ3n) is 2.09. The van der Waals surface area contributed by atoms with E-state index in [9.17, 15) is 0 Å². The Kier molecular flexibility index (Phi) is 1.49. The predicted octanol–water partition coefficient (Wildman–Crippen LogP) is 2.72. The Balaban J connectivity index is 2.17. The van der Waals surface area contributed by atoms with Gasteiger partial charge in [-0.2, -0.15) is 0 Å². The molecule has 0 atom stereocenters. The smallest absolute Gasteiger partial charge is 0.0958 e. The Hall–Kier alpha value is -0.370. The van der Waals surface area contributed by atoms with E-state index in [2.05, 4.69) is 11.9 Å². The summed E-state index contributed by atoms with van der Waals surface area (Å²) in [6.07, 6.45) is 6.13. The predicted molar refractivity (Wildman–Crippen MR) is 43.4 cm³/mol. The van der Waals surface area contributed by atoms with Crippen molar-refractivity contribution in [3.8, 4) is 0 Å². The van der Waals surface area contributed by atoms with Crippen molar-refractivity contribution in [2.75, 3.05) is 0 Å². The van der Waals surface area contributed by atoms with E-state index in [0.29, 0.717) is 0 Å². The monoisotopic (exact) mass is 153 g/mol. The minimum atomic E-state index is 0.818. The SMILES string of the molecule is Cc1cnc(C2CCC2)s1. The van der Waals surface area contributed by atoms with E-state index in [0.717, 1.165) is 5.92 Å². The first-order chi connectivity index (χ1) is 4.86. The normalized spacial score (nSPS) is 18.9. The van der Waals surface area contributed by atoms with Gasteiger partial charge >= 0.3 is 0 Å². The molecule has 0 bridgehead atoms. The van der Waals surface area contributed by atoms with Crippen LogP contribution in [0.15, 0.2) is 6.20 Å². The minimum absolute atomic E-state index is 0.818. The van der Waals surface area contributed by atoms with Gasteiger partial charge in [0.25, 0.3) is 0 Å². The molecule has 0 unspecified atom stereocenters. The molecule has 1 heterocycles. The highest BCUT2D eigenvalue weighted by Gasteiger charge is 2.21. The van der Waals surface area contributed by atoms with Crippen molar-refractivity contribution >= 4 is 11.3 Å². The summed E-state index contributed by atoms with van der Waals surface area (Å²) >= 11 is 1.86. The Morgan fingerprint density at radius 3 is 2.80 bits per heavy atom. The molecule has 10 heavy (non-hydrogen) atoms. The lowest BCUT2D eigenvalue weighted by Gasteiger charge is -2.22. The van der Waals surface area contributed by atoms with Crippen LogP contribution in [0.1, 0.15) is 35.1 Å². The summed E-state index contributed by atoms with van der Waals surface area (Å²) in [5.74, 6) is 0.818. The van der Waals surface area contributed by atoms with Crippen molar-refractivity contribution < 1.29 is 0 Å². The number of rotatable bonds is 1. The average Bonchev–Trinajstić information content (AvgIpc) is 2.10. The van der Waals surface area contributed by atoms with E-state index in [1.165, 1.54) is 29.1 Å². The Bertz CT molecular complexity index is 225. The van der Waals surface area contributed by atoms with Gasteiger partial charge in [-0.25, -0.2) is 4.98 Å². The highest BCUT2D eigenvalue weighted by Crippen LogP contribution is 2.37.